The molecule has 2 atom stereocenters. The Morgan fingerprint density at radius 2 is 2.10 bits per heavy atom. The van der Waals surface area contributed by atoms with Crippen molar-refractivity contribution >= 4 is 34.1 Å². The van der Waals surface area contributed by atoms with Gasteiger partial charge in [-0.1, -0.05) is 30.0 Å². The van der Waals surface area contributed by atoms with Crippen LogP contribution in [0.15, 0.2) is 53.7 Å². The molecule has 158 valence electrons. The lowest BCUT2D eigenvalue weighted by Crippen LogP contribution is -2.23. The standard InChI is InChI=1S/C20H23N5O3S2/c1-5-11-25-17(13(2)28-16-9-7-6-8-15(16)27-4)23-24-20(25)30-14(3)18(26)22-19-21-10-12-29-19/h5-10,12-14H,1,11H2,2-4H3,(H,21,22,26). The first kappa shape index (κ1) is 21.8. The van der Waals surface area contributed by atoms with E-state index in [1.54, 1.807) is 19.4 Å². The number of anilines is 1. The number of methoxy groups -OCH3 is 1. The van der Waals surface area contributed by atoms with Gasteiger partial charge in [0.1, 0.15) is 0 Å². The number of benzene rings is 1. The Morgan fingerprint density at radius 1 is 1.33 bits per heavy atom. The molecule has 0 fully saturated rings. The van der Waals surface area contributed by atoms with Crippen molar-refractivity contribution in [3.63, 3.8) is 0 Å². The van der Waals surface area contributed by atoms with Crippen LogP contribution in [0.5, 0.6) is 11.5 Å². The second-order valence-electron chi connectivity index (χ2n) is 6.24. The number of carbonyl (C=O) groups excluding carboxylic acids is 1. The van der Waals surface area contributed by atoms with E-state index in [9.17, 15) is 4.79 Å². The van der Waals surface area contributed by atoms with E-state index >= 15 is 0 Å². The van der Waals surface area contributed by atoms with E-state index in [2.05, 4.69) is 27.1 Å². The number of para-hydroxylation sites is 2. The summed E-state index contributed by atoms with van der Waals surface area (Å²) in [5.41, 5.74) is 0. The van der Waals surface area contributed by atoms with Crippen molar-refractivity contribution in [2.45, 2.75) is 36.9 Å². The van der Waals surface area contributed by atoms with Gasteiger partial charge in [-0.05, 0) is 26.0 Å². The third kappa shape index (κ3) is 5.19. The fourth-order valence-electron chi connectivity index (χ4n) is 2.65. The number of amides is 1. The van der Waals surface area contributed by atoms with Gasteiger partial charge in [-0.3, -0.25) is 9.36 Å². The Morgan fingerprint density at radius 3 is 2.77 bits per heavy atom. The van der Waals surface area contributed by atoms with E-state index in [-0.39, 0.29) is 17.3 Å². The molecule has 1 amide bonds. The number of nitrogens with one attached hydrogen (secondary N) is 1. The molecule has 0 aliphatic carbocycles. The zero-order valence-electron chi connectivity index (χ0n) is 16.9. The van der Waals surface area contributed by atoms with Gasteiger partial charge < -0.3 is 14.8 Å². The van der Waals surface area contributed by atoms with Gasteiger partial charge in [-0.25, -0.2) is 4.98 Å². The van der Waals surface area contributed by atoms with Crippen LogP contribution >= 0.6 is 23.1 Å². The van der Waals surface area contributed by atoms with Crippen molar-refractivity contribution in [1.29, 1.82) is 0 Å². The number of ether oxygens (including phenoxy) is 2. The molecular formula is C20H23N5O3S2. The molecule has 0 saturated heterocycles. The lowest BCUT2D eigenvalue weighted by atomic mass is 10.3. The average molecular weight is 446 g/mol. The third-order valence-electron chi connectivity index (χ3n) is 4.11. The van der Waals surface area contributed by atoms with Crippen molar-refractivity contribution in [2.75, 3.05) is 12.4 Å². The zero-order chi connectivity index (χ0) is 21.5. The first-order valence-electron chi connectivity index (χ1n) is 9.24. The molecule has 0 saturated carbocycles. The van der Waals surface area contributed by atoms with Crippen LogP contribution in [-0.2, 0) is 11.3 Å². The summed E-state index contributed by atoms with van der Waals surface area (Å²) in [6, 6.07) is 7.43. The molecule has 2 aromatic heterocycles. The van der Waals surface area contributed by atoms with Gasteiger partial charge in [0.2, 0.25) is 5.91 Å². The molecule has 0 bridgehead atoms. The zero-order valence-corrected chi connectivity index (χ0v) is 18.6. The highest BCUT2D eigenvalue weighted by molar-refractivity contribution is 8.00. The minimum absolute atomic E-state index is 0.150. The van der Waals surface area contributed by atoms with E-state index in [1.807, 2.05) is 48.1 Å². The quantitative estimate of drug-likeness (QED) is 0.370. The third-order valence-corrected chi connectivity index (χ3v) is 5.88. The fraction of sp³-hybridized carbons (Fsp3) is 0.300. The molecule has 0 aliphatic rings. The number of carbonyl (C=O) groups is 1. The number of thiazole rings is 1. The molecule has 10 heteroatoms. The van der Waals surface area contributed by atoms with Crippen molar-refractivity contribution in [3.8, 4) is 11.5 Å². The lowest BCUT2D eigenvalue weighted by Gasteiger charge is -2.17. The van der Waals surface area contributed by atoms with Gasteiger partial charge in [0.15, 0.2) is 33.7 Å². The molecule has 3 aromatic rings. The summed E-state index contributed by atoms with van der Waals surface area (Å²) in [6.07, 6.45) is 3.02. The summed E-state index contributed by atoms with van der Waals surface area (Å²) in [5, 5.41) is 14.0. The second kappa shape index (κ2) is 10.3. The van der Waals surface area contributed by atoms with Gasteiger partial charge in [0, 0.05) is 18.1 Å². The second-order valence-corrected chi connectivity index (χ2v) is 8.44. The normalized spacial score (nSPS) is 12.8. The molecular weight excluding hydrogens is 422 g/mol. The molecule has 3 rings (SSSR count). The molecule has 2 unspecified atom stereocenters. The maximum Gasteiger partial charge on any atom is 0.239 e. The largest absolute Gasteiger partial charge is 0.493 e. The molecule has 1 N–H and O–H groups in total. The summed E-state index contributed by atoms with van der Waals surface area (Å²) < 4.78 is 13.3. The first-order chi connectivity index (χ1) is 14.5. The Kier molecular flexibility index (Phi) is 7.47. The minimum atomic E-state index is -0.389. The predicted octanol–water partition coefficient (Wildman–Crippen LogP) is 4.19. The average Bonchev–Trinajstić information content (AvgIpc) is 3.39. The summed E-state index contributed by atoms with van der Waals surface area (Å²) in [4.78, 5) is 16.5. The van der Waals surface area contributed by atoms with Gasteiger partial charge in [0.05, 0.1) is 12.4 Å². The van der Waals surface area contributed by atoms with Crippen molar-refractivity contribution in [1.82, 2.24) is 19.7 Å². The Balaban J connectivity index is 1.75. The van der Waals surface area contributed by atoms with Crippen LogP contribution in [0.4, 0.5) is 5.13 Å². The number of allylic oxidation sites excluding steroid dienone is 1. The van der Waals surface area contributed by atoms with Crippen LogP contribution in [0.2, 0.25) is 0 Å². The van der Waals surface area contributed by atoms with Gasteiger partial charge in [0.25, 0.3) is 0 Å². The minimum Gasteiger partial charge on any atom is -0.493 e. The van der Waals surface area contributed by atoms with Gasteiger partial charge in [-0.15, -0.1) is 28.1 Å². The van der Waals surface area contributed by atoms with Gasteiger partial charge >= 0.3 is 0 Å². The molecule has 0 aliphatic heterocycles. The number of hydrogen-bond donors (Lipinski definition) is 1. The van der Waals surface area contributed by atoms with E-state index in [0.29, 0.717) is 34.2 Å². The highest BCUT2D eigenvalue weighted by Gasteiger charge is 2.24. The van der Waals surface area contributed by atoms with Crippen LogP contribution in [0, 0.1) is 0 Å². The van der Waals surface area contributed by atoms with Crippen LogP contribution < -0.4 is 14.8 Å². The van der Waals surface area contributed by atoms with E-state index in [1.165, 1.54) is 23.1 Å². The SMILES string of the molecule is C=CCn1c(SC(C)C(=O)Nc2nccs2)nnc1C(C)Oc1ccccc1OC. The molecule has 0 radical (unpaired) electrons. The number of nitrogens with zero attached hydrogens (tertiary/aromatic N) is 4. The highest BCUT2D eigenvalue weighted by atomic mass is 32.2. The first-order valence-corrected chi connectivity index (χ1v) is 11.0. The highest BCUT2D eigenvalue weighted by Crippen LogP contribution is 2.32. The summed E-state index contributed by atoms with van der Waals surface area (Å²) >= 11 is 2.69. The van der Waals surface area contributed by atoms with Crippen LogP contribution in [0.1, 0.15) is 25.8 Å². The smallest absolute Gasteiger partial charge is 0.239 e. The summed E-state index contributed by atoms with van der Waals surface area (Å²) in [7, 11) is 1.60. The lowest BCUT2D eigenvalue weighted by molar-refractivity contribution is -0.115. The van der Waals surface area contributed by atoms with Crippen LogP contribution in [0.25, 0.3) is 0 Å². The van der Waals surface area contributed by atoms with E-state index in [0.717, 1.165) is 0 Å². The van der Waals surface area contributed by atoms with Crippen LogP contribution in [0.3, 0.4) is 0 Å². The Labute approximate surface area is 183 Å². The van der Waals surface area contributed by atoms with E-state index < -0.39 is 0 Å². The molecule has 0 spiro atoms. The van der Waals surface area contributed by atoms with Crippen molar-refractivity contribution < 1.29 is 14.3 Å². The topological polar surface area (TPSA) is 91.2 Å². The molecule has 8 nitrogen and oxygen atoms in total. The predicted molar refractivity (Wildman–Crippen MR) is 118 cm³/mol. The summed E-state index contributed by atoms with van der Waals surface area (Å²) in [6.45, 7) is 8.02. The van der Waals surface area contributed by atoms with Crippen molar-refractivity contribution in [2.24, 2.45) is 0 Å². The Hall–Kier alpha value is -2.85. The summed E-state index contributed by atoms with van der Waals surface area (Å²) in [5.74, 6) is 1.74. The molecule has 1 aromatic carbocycles. The van der Waals surface area contributed by atoms with E-state index in [4.69, 9.17) is 9.47 Å². The Bertz CT molecular complexity index is 990. The fourth-order valence-corrected chi connectivity index (χ4v) is 4.05. The van der Waals surface area contributed by atoms with Gasteiger partial charge in [-0.2, -0.15) is 0 Å². The van der Waals surface area contributed by atoms with Crippen LogP contribution in [-0.4, -0.2) is 38.0 Å². The molecule has 2 heterocycles. The maximum absolute atomic E-state index is 12.5. The maximum atomic E-state index is 12.5. The monoisotopic (exact) mass is 445 g/mol. The number of aromatic nitrogens is 4. The number of hydrogen-bond acceptors (Lipinski definition) is 8. The molecule has 30 heavy (non-hydrogen) atoms. The van der Waals surface area contributed by atoms with Crippen molar-refractivity contribution in [3.05, 3.63) is 54.3 Å². The number of rotatable bonds is 10. The number of thioether (sulfide) groups is 1.